The lowest BCUT2D eigenvalue weighted by atomic mass is 10.1. The van der Waals surface area contributed by atoms with Gasteiger partial charge in [0, 0.05) is 5.39 Å². The number of aromatic nitrogens is 1. The van der Waals surface area contributed by atoms with Crippen molar-refractivity contribution in [2.24, 2.45) is 0 Å². The van der Waals surface area contributed by atoms with Gasteiger partial charge in [-0.2, -0.15) is 0 Å². The highest BCUT2D eigenvalue weighted by molar-refractivity contribution is 5.93. The first-order chi connectivity index (χ1) is 6.20. The molecule has 3 nitrogen and oxygen atoms in total. The number of aryl methyl sites for hydroxylation is 1. The number of pyridine rings is 1. The van der Waals surface area contributed by atoms with E-state index in [2.05, 4.69) is 4.98 Å². The maximum Gasteiger partial charge on any atom is 0.160 e. The van der Waals surface area contributed by atoms with E-state index in [0.29, 0.717) is 11.4 Å². The summed E-state index contributed by atoms with van der Waals surface area (Å²) in [6, 6.07) is 7.48. The molecule has 0 fully saturated rings. The van der Waals surface area contributed by atoms with Crippen molar-refractivity contribution in [2.75, 3.05) is 5.73 Å². The van der Waals surface area contributed by atoms with Crippen LogP contribution in [0.15, 0.2) is 24.3 Å². The average molecular weight is 174 g/mol. The molecule has 0 bridgehead atoms. The molecule has 0 aliphatic carbocycles. The molecule has 0 saturated heterocycles. The number of rotatable bonds is 0. The Bertz CT molecular complexity index is 466. The van der Waals surface area contributed by atoms with E-state index in [9.17, 15) is 5.11 Å². The number of aromatic hydroxyl groups is 1. The molecular weight excluding hydrogens is 164 g/mol. The van der Waals surface area contributed by atoms with E-state index in [0.717, 1.165) is 10.9 Å². The minimum absolute atomic E-state index is 0.0821. The summed E-state index contributed by atoms with van der Waals surface area (Å²) in [6.45, 7) is 1.73. The van der Waals surface area contributed by atoms with Gasteiger partial charge in [-0.1, -0.05) is 18.2 Å². The highest BCUT2D eigenvalue weighted by atomic mass is 16.3. The molecule has 3 heteroatoms. The second kappa shape index (κ2) is 2.62. The Morgan fingerprint density at radius 1 is 1.31 bits per heavy atom. The summed E-state index contributed by atoms with van der Waals surface area (Å²) in [5.41, 5.74) is 7.52. The topological polar surface area (TPSA) is 59.1 Å². The molecule has 0 aliphatic rings. The third kappa shape index (κ3) is 1.09. The zero-order valence-corrected chi connectivity index (χ0v) is 7.28. The van der Waals surface area contributed by atoms with Crippen LogP contribution < -0.4 is 5.73 Å². The molecule has 1 aromatic heterocycles. The largest absolute Gasteiger partial charge is 0.504 e. The Morgan fingerprint density at radius 2 is 2.00 bits per heavy atom. The number of hydrogen-bond acceptors (Lipinski definition) is 3. The quantitative estimate of drug-likeness (QED) is 0.640. The number of fused-ring (bicyclic) bond motifs is 1. The van der Waals surface area contributed by atoms with Crippen LogP contribution in [-0.4, -0.2) is 10.1 Å². The van der Waals surface area contributed by atoms with E-state index in [1.807, 2.05) is 24.3 Å². The normalized spacial score (nSPS) is 10.5. The maximum atomic E-state index is 9.52. The number of nitrogens with zero attached hydrogens (tertiary/aromatic N) is 1. The highest BCUT2D eigenvalue weighted by Crippen LogP contribution is 2.30. The van der Waals surface area contributed by atoms with Gasteiger partial charge in [0.1, 0.15) is 0 Å². The van der Waals surface area contributed by atoms with Crippen LogP contribution in [-0.2, 0) is 0 Å². The molecule has 0 atom stereocenters. The first-order valence-electron chi connectivity index (χ1n) is 4.04. The molecule has 0 aliphatic heterocycles. The minimum Gasteiger partial charge on any atom is -0.504 e. The van der Waals surface area contributed by atoms with Gasteiger partial charge in [-0.25, -0.2) is 4.98 Å². The van der Waals surface area contributed by atoms with E-state index >= 15 is 0 Å². The Hall–Kier alpha value is -1.77. The van der Waals surface area contributed by atoms with E-state index in [-0.39, 0.29) is 5.75 Å². The average Bonchev–Trinajstić information content (AvgIpc) is 2.15. The van der Waals surface area contributed by atoms with Gasteiger partial charge in [0.15, 0.2) is 5.75 Å². The zero-order chi connectivity index (χ0) is 9.42. The Morgan fingerprint density at radius 3 is 2.77 bits per heavy atom. The molecule has 0 spiro atoms. The monoisotopic (exact) mass is 174 g/mol. The summed E-state index contributed by atoms with van der Waals surface area (Å²) < 4.78 is 0. The minimum atomic E-state index is 0.0821. The molecule has 0 radical (unpaired) electrons. The summed E-state index contributed by atoms with van der Waals surface area (Å²) in [7, 11) is 0. The van der Waals surface area contributed by atoms with Crippen LogP contribution in [0.5, 0.6) is 5.75 Å². The van der Waals surface area contributed by atoms with Crippen LogP contribution in [0, 0.1) is 6.92 Å². The van der Waals surface area contributed by atoms with Crippen molar-refractivity contribution >= 4 is 16.6 Å². The van der Waals surface area contributed by atoms with E-state index < -0.39 is 0 Å². The van der Waals surface area contributed by atoms with Gasteiger partial charge in [0.2, 0.25) is 0 Å². The summed E-state index contributed by atoms with van der Waals surface area (Å²) in [6.07, 6.45) is 0. The molecule has 2 rings (SSSR count). The first-order valence-corrected chi connectivity index (χ1v) is 4.04. The van der Waals surface area contributed by atoms with Crippen LogP contribution in [0.25, 0.3) is 10.9 Å². The summed E-state index contributed by atoms with van der Waals surface area (Å²) in [5.74, 6) is 0.0821. The fraction of sp³-hybridized carbons (Fsp3) is 0.100. The number of nitrogen functional groups attached to an aromatic ring is 1. The molecule has 3 N–H and O–H groups in total. The van der Waals surface area contributed by atoms with Crippen molar-refractivity contribution in [1.29, 1.82) is 0 Å². The van der Waals surface area contributed by atoms with Gasteiger partial charge in [-0.05, 0) is 13.0 Å². The Labute approximate surface area is 75.8 Å². The molecule has 1 aromatic carbocycles. The summed E-state index contributed by atoms with van der Waals surface area (Å²) >= 11 is 0. The molecule has 2 aromatic rings. The van der Waals surface area contributed by atoms with E-state index in [1.165, 1.54) is 0 Å². The fourth-order valence-electron chi connectivity index (χ4n) is 1.35. The molecule has 1 heterocycles. The smallest absolute Gasteiger partial charge is 0.160 e. The summed E-state index contributed by atoms with van der Waals surface area (Å²) in [4.78, 5) is 4.21. The van der Waals surface area contributed by atoms with Crippen molar-refractivity contribution in [2.45, 2.75) is 6.92 Å². The lowest BCUT2D eigenvalue weighted by molar-refractivity contribution is 0.471. The second-order valence-electron chi connectivity index (χ2n) is 2.98. The lowest BCUT2D eigenvalue weighted by Gasteiger charge is -2.05. The highest BCUT2D eigenvalue weighted by Gasteiger charge is 2.06. The number of nitrogens with two attached hydrogens (primary N) is 1. The maximum absolute atomic E-state index is 9.52. The van der Waals surface area contributed by atoms with Gasteiger partial charge in [0.25, 0.3) is 0 Å². The van der Waals surface area contributed by atoms with Crippen LogP contribution in [0.2, 0.25) is 0 Å². The number of anilines is 1. The van der Waals surface area contributed by atoms with Gasteiger partial charge < -0.3 is 10.8 Å². The van der Waals surface area contributed by atoms with Crippen molar-refractivity contribution in [3.63, 3.8) is 0 Å². The number of benzene rings is 1. The zero-order valence-electron chi connectivity index (χ0n) is 7.28. The third-order valence-electron chi connectivity index (χ3n) is 2.08. The standard InChI is InChI=1S/C10H10N2O/c1-6-10(13)9(11)7-4-2-3-5-8(7)12-6/h2-5,13H,1H3,(H2,11,12). The van der Waals surface area contributed by atoms with Gasteiger partial charge in [-0.3, -0.25) is 0 Å². The predicted molar refractivity (Wildman–Crippen MR) is 52.6 cm³/mol. The van der Waals surface area contributed by atoms with Gasteiger partial charge in [-0.15, -0.1) is 0 Å². The van der Waals surface area contributed by atoms with Crippen LogP contribution in [0.3, 0.4) is 0 Å². The molecule has 0 saturated carbocycles. The molecular formula is C10H10N2O. The molecule has 66 valence electrons. The molecule has 13 heavy (non-hydrogen) atoms. The van der Waals surface area contributed by atoms with Crippen molar-refractivity contribution in [3.05, 3.63) is 30.0 Å². The lowest BCUT2D eigenvalue weighted by Crippen LogP contribution is -1.93. The van der Waals surface area contributed by atoms with Crippen molar-refractivity contribution < 1.29 is 5.11 Å². The van der Waals surface area contributed by atoms with E-state index in [1.54, 1.807) is 6.92 Å². The van der Waals surface area contributed by atoms with Crippen molar-refractivity contribution in [1.82, 2.24) is 4.98 Å². The SMILES string of the molecule is Cc1nc2ccccc2c(N)c1O. The van der Waals surface area contributed by atoms with Crippen LogP contribution >= 0.6 is 0 Å². The molecule has 0 unspecified atom stereocenters. The third-order valence-corrected chi connectivity index (χ3v) is 2.08. The van der Waals surface area contributed by atoms with E-state index in [4.69, 9.17) is 5.73 Å². The summed E-state index contributed by atoms with van der Waals surface area (Å²) in [5, 5.41) is 10.3. The predicted octanol–water partition coefficient (Wildman–Crippen LogP) is 1.83. The van der Waals surface area contributed by atoms with Gasteiger partial charge in [0.05, 0.1) is 16.9 Å². The van der Waals surface area contributed by atoms with Gasteiger partial charge >= 0.3 is 0 Å². The Kier molecular flexibility index (Phi) is 1.59. The van der Waals surface area contributed by atoms with Crippen LogP contribution in [0.4, 0.5) is 5.69 Å². The first kappa shape index (κ1) is 7.86. The fourth-order valence-corrected chi connectivity index (χ4v) is 1.35. The van der Waals surface area contributed by atoms with Crippen LogP contribution in [0.1, 0.15) is 5.69 Å². The number of hydrogen-bond donors (Lipinski definition) is 2. The second-order valence-corrected chi connectivity index (χ2v) is 2.98. The molecule has 0 amide bonds. The number of para-hydroxylation sites is 1. The van der Waals surface area contributed by atoms with Crippen molar-refractivity contribution in [3.8, 4) is 5.75 Å². The Balaban J connectivity index is 2.94.